The summed E-state index contributed by atoms with van der Waals surface area (Å²) >= 11 is 0. The fourth-order valence-electron chi connectivity index (χ4n) is 3.38. The number of allylic oxidation sites excluding steroid dienone is 3. The zero-order chi connectivity index (χ0) is 19.1. The van der Waals surface area contributed by atoms with Gasteiger partial charge >= 0.3 is 0 Å². The van der Waals surface area contributed by atoms with Crippen LogP contribution in [0.2, 0.25) is 0 Å². The average Bonchev–Trinajstić information content (AvgIpc) is 2.89. The van der Waals surface area contributed by atoms with E-state index in [9.17, 15) is 0 Å². The van der Waals surface area contributed by atoms with Crippen LogP contribution in [0.1, 0.15) is 56.3 Å². The third kappa shape index (κ3) is 5.19. The van der Waals surface area contributed by atoms with E-state index in [0.29, 0.717) is 5.92 Å². The summed E-state index contributed by atoms with van der Waals surface area (Å²) in [5.74, 6) is 1.31. The maximum absolute atomic E-state index is 4.98. The Morgan fingerprint density at radius 2 is 1.74 bits per heavy atom. The van der Waals surface area contributed by atoms with Gasteiger partial charge in [0.2, 0.25) is 0 Å². The van der Waals surface area contributed by atoms with Crippen LogP contribution in [0, 0.1) is 5.92 Å². The highest BCUT2D eigenvalue weighted by Gasteiger charge is 2.14. The number of nitrogens with zero attached hydrogens (tertiary/aromatic N) is 1. The SMILES string of the molecule is CCCC(NC1=CC(C)C=CC(c2ccc(CC)cc2)=N1)c1ccccc1. The lowest BCUT2D eigenvalue weighted by molar-refractivity contribution is 0.539. The Balaban J connectivity index is 1.87. The largest absolute Gasteiger partial charge is 0.363 e. The summed E-state index contributed by atoms with van der Waals surface area (Å²) in [4.78, 5) is 4.98. The second-order valence-electron chi connectivity index (χ2n) is 7.21. The van der Waals surface area contributed by atoms with Crippen molar-refractivity contribution in [3.63, 3.8) is 0 Å². The number of hydrogen-bond acceptors (Lipinski definition) is 2. The summed E-state index contributed by atoms with van der Waals surface area (Å²) in [7, 11) is 0. The number of aliphatic imine (C=N–C) groups is 1. The maximum atomic E-state index is 4.98. The van der Waals surface area contributed by atoms with Crippen LogP contribution in [-0.4, -0.2) is 5.71 Å². The lowest BCUT2D eigenvalue weighted by Gasteiger charge is -2.20. The normalized spacial score (nSPS) is 17.7. The van der Waals surface area contributed by atoms with Gasteiger partial charge in [0.25, 0.3) is 0 Å². The van der Waals surface area contributed by atoms with Crippen LogP contribution in [0.3, 0.4) is 0 Å². The monoisotopic (exact) mass is 358 g/mol. The molecule has 0 aromatic heterocycles. The molecule has 0 saturated carbocycles. The molecule has 1 N–H and O–H groups in total. The summed E-state index contributed by atoms with van der Waals surface area (Å²) in [6, 6.07) is 19.7. The number of aryl methyl sites for hydroxylation is 1. The molecule has 0 fully saturated rings. The molecule has 0 saturated heterocycles. The van der Waals surface area contributed by atoms with Crippen LogP contribution < -0.4 is 5.32 Å². The van der Waals surface area contributed by atoms with E-state index in [2.05, 4.69) is 98.9 Å². The van der Waals surface area contributed by atoms with Gasteiger partial charge in [-0.2, -0.15) is 0 Å². The predicted octanol–water partition coefficient (Wildman–Crippen LogP) is 6.22. The molecule has 3 rings (SSSR count). The molecule has 2 aromatic rings. The van der Waals surface area contributed by atoms with Crippen LogP contribution >= 0.6 is 0 Å². The molecule has 2 aromatic carbocycles. The number of hydrogen-bond donors (Lipinski definition) is 1. The lowest BCUT2D eigenvalue weighted by Crippen LogP contribution is -2.21. The second-order valence-corrected chi connectivity index (χ2v) is 7.21. The highest BCUT2D eigenvalue weighted by Crippen LogP contribution is 2.22. The van der Waals surface area contributed by atoms with Crippen molar-refractivity contribution in [1.82, 2.24) is 5.32 Å². The van der Waals surface area contributed by atoms with Crippen LogP contribution in [0.25, 0.3) is 0 Å². The molecule has 2 unspecified atom stereocenters. The minimum Gasteiger partial charge on any atom is -0.363 e. The van der Waals surface area contributed by atoms with Crippen LogP contribution in [0.4, 0.5) is 0 Å². The van der Waals surface area contributed by atoms with Crippen molar-refractivity contribution in [3.05, 3.63) is 95.3 Å². The van der Waals surface area contributed by atoms with Gasteiger partial charge in [-0.15, -0.1) is 0 Å². The molecule has 1 heterocycles. The van der Waals surface area contributed by atoms with Crippen LogP contribution in [0.15, 0.2) is 83.6 Å². The summed E-state index contributed by atoms with van der Waals surface area (Å²) < 4.78 is 0. The van der Waals surface area contributed by atoms with E-state index in [0.717, 1.165) is 36.4 Å². The Hall–Kier alpha value is -2.61. The number of rotatable bonds is 7. The van der Waals surface area contributed by atoms with Gasteiger partial charge < -0.3 is 5.32 Å². The van der Waals surface area contributed by atoms with Gasteiger partial charge in [0.05, 0.1) is 11.8 Å². The Morgan fingerprint density at radius 3 is 2.41 bits per heavy atom. The van der Waals surface area contributed by atoms with Gasteiger partial charge in [0.1, 0.15) is 5.82 Å². The van der Waals surface area contributed by atoms with Gasteiger partial charge in [-0.3, -0.25) is 0 Å². The van der Waals surface area contributed by atoms with Crippen molar-refractivity contribution < 1.29 is 0 Å². The lowest BCUT2D eigenvalue weighted by atomic mass is 10.0. The molecule has 27 heavy (non-hydrogen) atoms. The molecule has 0 radical (unpaired) electrons. The fourth-order valence-corrected chi connectivity index (χ4v) is 3.38. The van der Waals surface area contributed by atoms with E-state index in [-0.39, 0.29) is 6.04 Å². The molecule has 140 valence electrons. The van der Waals surface area contributed by atoms with E-state index in [4.69, 9.17) is 4.99 Å². The van der Waals surface area contributed by atoms with Gasteiger partial charge in [0, 0.05) is 5.56 Å². The molecule has 2 heteroatoms. The zero-order valence-electron chi connectivity index (χ0n) is 16.7. The summed E-state index contributed by atoms with van der Waals surface area (Å²) in [6.45, 7) is 6.61. The van der Waals surface area contributed by atoms with Crippen molar-refractivity contribution in [2.24, 2.45) is 10.9 Å². The average molecular weight is 359 g/mol. The van der Waals surface area contributed by atoms with Gasteiger partial charge in [0.15, 0.2) is 0 Å². The summed E-state index contributed by atoms with van der Waals surface area (Å²) in [5, 5.41) is 3.70. The van der Waals surface area contributed by atoms with Crippen LogP contribution in [-0.2, 0) is 6.42 Å². The quantitative estimate of drug-likeness (QED) is 0.624. The first-order valence-corrected chi connectivity index (χ1v) is 10.1. The fraction of sp³-hybridized carbons (Fsp3) is 0.320. The molecule has 0 spiro atoms. The van der Waals surface area contributed by atoms with E-state index in [1.54, 1.807) is 0 Å². The first-order chi connectivity index (χ1) is 13.2. The Kier molecular flexibility index (Phi) is 6.64. The molecule has 2 nitrogen and oxygen atoms in total. The Morgan fingerprint density at radius 1 is 1.00 bits per heavy atom. The molecular weight excluding hydrogens is 328 g/mol. The third-order valence-corrected chi connectivity index (χ3v) is 4.98. The van der Waals surface area contributed by atoms with Crippen molar-refractivity contribution in [1.29, 1.82) is 0 Å². The minimum absolute atomic E-state index is 0.278. The molecule has 1 aliphatic heterocycles. The Labute approximate surface area is 163 Å². The van der Waals surface area contributed by atoms with Crippen molar-refractivity contribution in [3.8, 4) is 0 Å². The van der Waals surface area contributed by atoms with E-state index < -0.39 is 0 Å². The van der Waals surface area contributed by atoms with E-state index >= 15 is 0 Å². The van der Waals surface area contributed by atoms with Crippen molar-refractivity contribution in [2.75, 3.05) is 0 Å². The van der Waals surface area contributed by atoms with Gasteiger partial charge in [-0.05, 0) is 42.0 Å². The third-order valence-electron chi connectivity index (χ3n) is 4.98. The highest BCUT2D eigenvalue weighted by molar-refractivity contribution is 6.09. The molecule has 2 atom stereocenters. The maximum Gasteiger partial charge on any atom is 0.123 e. The first kappa shape index (κ1) is 19.2. The molecule has 1 aliphatic rings. The zero-order valence-corrected chi connectivity index (χ0v) is 16.7. The predicted molar refractivity (Wildman–Crippen MR) is 116 cm³/mol. The standard InChI is InChI=1S/C25H30N2/c1-4-9-23(21-10-7-6-8-11-21)26-25-18-19(3)12-17-24(27-25)22-15-13-20(5-2)14-16-22/h6-8,10-19,23,26H,4-5,9H2,1-3H3. The van der Waals surface area contributed by atoms with E-state index in [1.165, 1.54) is 11.1 Å². The minimum atomic E-state index is 0.278. The Bertz CT molecular complexity index is 813. The molecule has 0 aliphatic carbocycles. The van der Waals surface area contributed by atoms with Gasteiger partial charge in [-0.1, -0.05) is 87.9 Å². The van der Waals surface area contributed by atoms with Crippen molar-refractivity contribution in [2.45, 2.75) is 46.1 Å². The van der Waals surface area contributed by atoms with E-state index in [1.807, 2.05) is 0 Å². The van der Waals surface area contributed by atoms with Gasteiger partial charge in [-0.25, -0.2) is 4.99 Å². The van der Waals surface area contributed by atoms with Crippen molar-refractivity contribution >= 4 is 5.71 Å². The molecule has 0 bridgehead atoms. The number of nitrogens with one attached hydrogen (secondary N) is 1. The summed E-state index contributed by atoms with van der Waals surface area (Å²) in [5.41, 5.74) is 4.85. The van der Waals surface area contributed by atoms with Crippen LogP contribution in [0.5, 0.6) is 0 Å². The summed E-state index contributed by atoms with van der Waals surface area (Å²) in [6.07, 6.45) is 9.85. The topological polar surface area (TPSA) is 24.4 Å². The second kappa shape index (κ2) is 9.36. The first-order valence-electron chi connectivity index (χ1n) is 10.1. The molecular formula is C25H30N2. The number of benzene rings is 2. The highest BCUT2D eigenvalue weighted by atomic mass is 15.1. The molecule has 0 amide bonds. The smallest absolute Gasteiger partial charge is 0.123 e.